The summed E-state index contributed by atoms with van der Waals surface area (Å²) in [4.78, 5) is 14.3. The molecule has 20 heavy (non-hydrogen) atoms. The maximum atomic E-state index is 11.7. The number of anilines is 1. The van der Waals surface area contributed by atoms with Crippen LogP contribution < -0.4 is 11.3 Å². The molecular formula is C15H23N3O2. The Kier molecular flexibility index (Phi) is 4.08. The third-order valence-electron chi connectivity index (χ3n) is 4.45. The third kappa shape index (κ3) is 2.88. The van der Waals surface area contributed by atoms with Crippen LogP contribution in [0.4, 0.5) is 5.69 Å². The van der Waals surface area contributed by atoms with E-state index in [0.717, 1.165) is 32.7 Å². The minimum absolute atomic E-state index is 0.0277. The SMILES string of the molecule is Nc1ccc(=O)n(CCCN2CCOC3CCCC32)c1. The van der Waals surface area contributed by atoms with Gasteiger partial charge in [-0.2, -0.15) is 0 Å². The molecule has 2 atom stereocenters. The molecule has 2 aliphatic rings. The fourth-order valence-corrected chi connectivity index (χ4v) is 3.45. The number of nitrogens with zero attached hydrogens (tertiary/aromatic N) is 2. The number of rotatable bonds is 4. The molecule has 2 heterocycles. The lowest BCUT2D eigenvalue weighted by Crippen LogP contribution is -2.48. The Morgan fingerprint density at radius 1 is 1.30 bits per heavy atom. The number of fused-ring (bicyclic) bond motifs is 1. The summed E-state index contributed by atoms with van der Waals surface area (Å²) in [6.45, 7) is 3.64. The molecule has 110 valence electrons. The molecule has 2 unspecified atom stereocenters. The van der Waals surface area contributed by atoms with Crippen molar-refractivity contribution in [2.24, 2.45) is 0 Å². The molecule has 0 radical (unpaired) electrons. The van der Waals surface area contributed by atoms with Crippen LogP contribution in [-0.2, 0) is 11.3 Å². The highest BCUT2D eigenvalue weighted by atomic mass is 16.5. The summed E-state index contributed by atoms with van der Waals surface area (Å²) in [5, 5.41) is 0. The van der Waals surface area contributed by atoms with Gasteiger partial charge in [0.15, 0.2) is 0 Å². The highest BCUT2D eigenvalue weighted by Crippen LogP contribution is 2.29. The smallest absolute Gasteiger partial charge is 0.250 e. The fraction of sp³-hybridized carbons (Fsp3) is 0.667. The molecule has 3 rings (SSSR count). The number of morpholine rings is 1. The van der Waals surface area contributed by atoms with Gasteiger partial charge in [0.05, 0.1) is 12.7 Å². The second-order valence-corrected chi connectivity index (χ2v) is 5.79. The third-order valence-corrected chi connectivity index (χ3v) is 4.45. The first-order valence-electron chi connectivity index (χ1n) is 7.56. The predicted octanol–water partition coefficient (Wildman–Crippen LogP) is 1.07. The Morgan fingerprint density at radius 3 is 3.10 bits per heavy atom. The lowest BCUT2D eigenvalue weighted by atomic mass is 10.1. The molecule has 0 bridgehead atoms. The molecule has 2 N–H and O–H groups in total. The van der Waals surface area contributed by atoms with E-state index in [9.17, 15) is 4.79 Å². The van der Waals surface area contributed by atoms with Gasteiger partial charge in [-0.25, -0.2) is 0 Å². The minimum atomic E-state index is 0.0277. The number of hydrogen-bond donors (Lipinski definition) is 1. The van der Waals surface area contributed by atoms with Crippen LogP contribution >= 0.6 is 0 Å². The summed E-state index contributed by atoms with van der Waals surface area (Å²) in [6, 6.07) is 3.79. The Balaban J connectivity index is 1.54. The second-order valence-electron chi connectivity index (χ2n) is 5.79. The Labute approximate surface area is 119 Å². The van der Waals surface area contributed by atoms with Crippen molar-refractivity contribution < 1.29 is 4.74 Å². The van der Waals surface area contributed by atoms with Crippen molar-refractivity contribution in [1.29, 1.82) is 0 Å². The van der Waals surface area contributed by atoms with Gasteiger partial charge in [0.1, 0.15) is 0 Å². The topological polar surface area (TPSA) is 60.5 Å². The van der Waals surface area contributed by atoms with Crippen LogP contribution in [0.1, 0.15) is 25.7 Å². The van der Waals surface area contributed by atoms with E-state index in [0.29, 0.717) is 17.8 Å². The Bertz CT molecular complexity index is 514. The van der Waals surface area contributed by atoms with Gasteiger partial charge in [-0.3, -0.25) is 9.69 Å². The molecule has 5 heteroatoms. The van der Waals surface area contributed by atoms with E-state index in [2.05, 4.69) is 4.90 Å². The molecule has 1 aliphatic heterocycles. The van der Waals surface area contributed by atoms with Crippen LogP contribution in [0.5, 0.6) is 0 Å². The van der Waals surface area contributed by atoms with Gasteiger partial charge in [0.25, 0.3) is 5.56 Å². The zero-order valence-corrected chi connectivity index (χ0v) is 11.8. The van der Waals surface area contributed by atoms with Gasteiger partial charge in [-0.15, -0.1) is 0 Å². The quantitative estimate of drug-likeness (QED) is 0.894. The normalized spacial score (nSPS) is 26.6. The van der Waals surface area contributed by atoms with E-state index < -0.39 is 0 Å². The average Bonchev–Trinajstić information content (AvgIpc) is 2.92. The standard InChI is InChI=1S/C15H23N3O2/c16-12-5-6-15(19)18(11-12)8-2-7-17-9-10-20-14-4-1-3-13(14)17/h5-6,11,13-14H,1-4,7-10,16H2. The van der Waals surface area contributed by atoms with Crippen molar-refractivity contribution in [1.82, 2.24) is 9.47 Å². The molecule has 1 saturated carbocycles. The van der Waals surface area contributed by atoms with Crippen LogP contribution in [0.2, 0.25) is 0 Å². The lowest BCUT2D eigenvalue weighted by Gasteiger charge is -2.37. The number of aryl methyl sites for hydroxylation is 1. The van der Waals surface area contributed by atoms with Gasteiger partial charge in [0, 0.05) is 43.6 Å². The summed E-state index contributed by atoms with van der Waals surface area (Å²) in [5.74, 6) is 0. The molecule has 5 nitrogen and oxygen atoms in total. The first-order valence-corrected chi connectivity index (χ1v) is 7.56. The molecular weight excluding hydrogens is 254 g/mol. The average molecular weight is 277 g/mol. The first kappa shape index (κ1) is 13.6. The van der Waals surface area contributed by atoms with Gasteiger partial charge in [-0.05, 0) is 31.7 Å². The zero-order valence-electron chi connectivity index (χ0n) is 11.8. The molecule has 1 aromatic heterocycles. The zero-order chi connectivity index (χ0) is 13.9. The van der Waals surface area contributed by atoms with Crippen LogP contribution in [0.25, 0.3) is 0 Å². The number of pyridine rings is 1. The van der Waals surface area contributed by atoms with Gasteiger partial charge < -0.3 is 15.0 Å². The molecule has 1 aliphatic carbocycles. The lowest BCUT2D eigenvalue weighted by molar-refractivity contribution is -0.0559. The van der Waals surface area contributed by atoms with Gasteiger partial charge in [0.2, 0.25) is 0 Å². The van der Waals surface area contributed by atoms with Crippen LogP contribution in [-0.4, -0.2) is 41.3 Å². The molecule has 1 saturated heterocycles. The number of nitrogen functional groups attached to an aromatic ring is 1. The second kappa shape index (κ2) is 5.97. The number of ether oxygens (including phenoxy) is 1. The largest absolute Gasteiger partial charge is 0.398 e. The van der Waals surface area contributed by atoms with Crippen LogP contribution in [0, 0.1) is 0 Å². The van der Waals surface area contributed by atoms with E-state index in [1.54, 1.807) is 16.8 Å². The van der Waals surface area contributed by atoms with Crippen LogP contribution in [0.15, 0.2) is 23.1 Å². The predicted molar refractivity (Wildman–Crippen MR) is 78.7 cm³/mol. The molecule has 2 fully saturated rings. The number of hydrogen-bond acceptors (Lipinski definition) is 4. The summed E-state index contributed by atoms with van der Waals surface area (Å²) >= 11 is 0. The molecule has 0 spiro atoms. The first-order chi connectivity index (χ1) is 9.74. The van der Waals surface area contributed by atoms with E-state index in [-0.39, 0.29) is 5.56 Å². The Hall–Kier alpha value is -1.33. The molecule has 1 aromatic rings. The maximum Gasteiger partial charge on any atom is 0.250 e. The summed E-state index contributed by atoms with van der Waals surface area (Å²) < 4.78 is 7.53. The summed E-state index contributed by atoms with van der Waals surface area (Å²) in [5.41, 5.74) is 6.40. The highest BCUT2D eigenvalue weighted by molar-refractivity contribution is 5.33. The van der Waals surface area contributed by atoms with Crippen molar-refractivity contribution in [2.75, 3.05) is 25.4 Å². The summed E-state index contributed by atoms with van der Waals surface area (Å²) in [6.07, 6.45) is 6.89. The number of nitrogens with two attached hydrogens (primary N) is 1. The van der Waals surface area contributed by atoms with E-state index in [4.69, 9.17) is 10.5 Å². The van der Waals surface area contributed by atoms with Crippen molar-refractivity contribution in [3.8, 4) is 0 Å². The van der Waals surface area contributed by atoms with Crippen molar-refractivity contribution in [2.45, 2.75) is 44.4 Å². The van der Waals surface area contributed by atoms with E-state index >= 15 is 0 Å². The van der Waals surface area contributed by atoms with E-state index in [1.807, 2.05) is 0 Å². The van der Waals surface area contributed by atoms with Crippen LogP contribution in [0.3, 0.4) is 0 Å². The monoisotopic (exact) mass is 277 g/mol. The van der Waals surface area contributed by atoms with Crippen molar-refractivity contribution in [3.05, 3.63) is 28.7 Å². The minimum Gasteiger partial charge on any atom is -0.398 e. The van der Waals surface area contributed by atoms with Crippen molar-refractivity contribution in [3.63, 3.8) is 0 Å². The van der Waals surface area contributed by atoms with E-state index in [1.165, 1.54) is 25.3 Å². The fourth-order valence-electron chi connectivity index (χ4n) is 3.45. The van der Waals surface area contributed by atoms with Crippen molar-refractivity contribution >= 4 is 5.69 Å². The number of aromatic nitrogens is 1. The van der Waals surface area contributed by atoms with Gasteiger partial charge >= 0.3 is 0 Å². The highest BCUT2D eigenvalue weighted by Gasteiger charge is 2.35. The van der Waals surface area contributed by atoms with Gasteiger partial charge in [-0.1, -0.05) is 0 Å². The Morgan fingerprint density at radius 2 is 2.20 bits per heavy atom. The molecule has 0 aromatic carbocycles. The maximum absolute atomic E-state index is 11.7. The summed E-state index contributed by atoms with van der Waals surface area (Å²) in [7, 11) is 0. The molecule has 0 amide bonds.